The Bertz CT molecular complexity index is 1040. The van der Waals surface area contributed by atoms with Gasteiger partial charge in [-0.2, -0.15) is 0 Å². The van der Waals surface area contributed by atoms with Crippen LogP contribution in [0.4, 0.5) is 5.69 Å². The fourth-order valence-corrected chi connectivity index (χ4v) is 7.42. The van der Waals surface area contributed by atoms with E-state index in [0.717, 1.165) is 24.1 Å². The third-order valence-corrected chi connectivity index (χ3v) is 8.58. The molecular weight excluding hydrogens is 503 g/mol. The lowest BCUT2D eigenvalue weighted by Crippen LogP contribution is -2.51. The third-order valence-electron chi connectivity index (χ3n) is 5.82. The van der Waals surface area contributed by atoms with Crippen molar-refractivity contribution in [3.8, 4) is 0 Å². The first kappa shape index (κ1) is 20.6. The number of fused-ring (bicyclic) bond motifs is 3. The van der Waals surface area contributed by atoms with Crippen molar-refractivity contribution in [2.75, 3.05) is 22.4 Å². The summed E-state index contributed by atoms with van der Waals surface area (Å²) >= 11 is 2.28. The number of nitrogens with zero attached hydrogens (tertiary/aromatic N) is 1. The number of sulfonamides is 1. The van der Waals surface area contributed by atoms with Crippen LogP contribution in [-0.2, 0) is 14.8 Å². The van der Waals surface area contributed by atoms with Gasteiger partial charge in [0.05, 0.1) is 29.3 Å². The number of alkyl halides is 1. The highest BCUT2D eigenvalue weighted by atomic mass is 127. The standard InChI is InChI=1S/C21H23IN2O4S/c1-13-3-6-15(7-4-13)29(26,27)24-18-8-5-14(21(25)28-2)11-17(18)20-16(9-10-23-20)19(24)12-22/h3-8,11,16,19-20,23H,9-10,12H2,1-2H3/t16-,19-,20-/m0/s1. The van der Waals surface area contributed by atoms with Crippen molar-refractivity contribution in [1.82, 2.24) is 5.32 Å². The number of hydrogen-bond donors (Lipinski definition) is 1. The number of anilines is 1. The zero-order valence-corrected chi connectivity index (χ0v) is 19.2. The van der Waals surface area contributed by atoms with E-state index >= 15 is 0 Å². The molecule has 2 aromatic rings. The van der Waals surface area contributed by atoms with E-state index in [1.54, 1.807) is 34.6 Å². The summed E-state index contributed by atoms with van der Waals surface area (Å²) in [5.41, 5.74) is 2.92. The monoisotopic (exact) mass is 526 g/mol. The molecule has 0 bridgehead atoms. The minimum Gasteiger partial charge on any atom is -0.465 e. The van der Waals surface area contributed by atoms with Crippen LogP contribution < -0.4 is 9.62 Å². The van der Waals surface area contributed by atoms with Crippen LogP contribution >= 0.6 is 22.6 Å². The number of carbonyl (C=O) groups excluding carboxylic acids is 1. The van der Waals surface area contributed by atoms with Gasteiger partial charge in [-0.15, -0.1) is 0 Å². The first-order valence-electron chi connectivity index (χ1n) is 9.51. The van der Waals surface area contributed by atoms with E-state index in [1.165, 1.54) is 7.11 Å². The number of hydrogen-bond acceptors (Lipinski definition) is 5. The fraction of sp³-hybridized carbons (Fsp3) is 0.381. The van der Waals surface area contributed by atoms with Crippen molar-refractivity contribution in [2.24, 2.45) is 5.92 Å². The van der Waals surface area contributed by atoms with E-state index in [-0.39, 0.29) is 22.9 Å². The van der Waals surface area contributed by atoms with Crippen LogP contribution in [0.15, 0.2) is 47.4 Å². The fourth-order valence-electron chi connectivity index (χ4n) is 4.39. The molecule has 2 heterocycles. The largest absolute Gasteiger partial charge is 0.465 e. The average Bonchev–Trinajstić information content (AvgIpc) is 3.22. The molecule has 8 heteroatoms. The molecule has 0 amide bonds. The van der Waals surface area contributed by atoms with Gasteiger partial charge in [-0.05, 0) is 55.8 Å². The van der Waals surface area contributed by atoms with Crippen LogP contribution in [0, 0.1) is 12.8 Å². The summed E-state index contributed by atoms with van der Waals surface area (Å²) in [4.78, 5) is 12.4. The number of carbonyl (C=O) groups is 1. The molecule has 2 aliphatic heterocycles. The summed E-state index contributed by atoms with van der Waals surface area (Å²) in [7, 11) is -2.40. The van der Waals surface area contributed by atoms with Crippen LogP contribution in [0.5, 0.6) is 0 Å². The van der Waals surface area contributed by atoms with Gasteiger partial charge < -0.3 is 10.1 Å². The first-order chi connectivity index (χ1) is 13.9. The minimum absolute atomic E-state index is 0.0267. The summed E-state index contributed by atoms with van der Waals surface area (Å²) in [5, 5.41) is 3.51. The van der Waals surface area contributed by atoms with Gasteiger partial charge in [0, 0.05) is 16.4 Å². The van der Waals surface area contributed by atoms with Crippen molar-refractivity contribution in [3.05, 3.63) is 59.2 Å². The molecule has 3 atom stereocenters. The number of benzene rings is 2. The van der Waals surface area contributed by atoms with Crippen molar-refractivity contribution in [2.45, 2.75) is 30.3 Å². The number of ether oxygens (including phenoxy) is 1. The van der Waals surface area contributed by atoms with E-state index in [1.807, 2.05) is 19.1 Å². The smallest absolute Gasteiger partial charge is 0.337 e. The topological polar surface area (TPSA) is 75.7 Å². The Morgan fingerprint density at radius 1 is 1.24 bits per heavy atom. The number of rotatable bonds is 4. The zero-order chi connectivity index (χ0) is 20.8. The van der Waals surface area contributed by atoms with Crippen molar-refractivity contribution in [1.29, 1.82) is 0 Å². The van der Waals surface area contributed by atoms with Gasteiger partial charge in [0.2, 0.25) is 0 Å². The van der Waals surface area contributed by atoms with Crippen LogP contribution in [0.25, 0.3) is 0 Å². The van der Waals surface area contributed by atoms with Gasteiger partial charge in [0.25, 0.3) is 10.0 Å². The Morgan fingerprint density at radius 2 is 1.97 bits per heavy atom. The number of methoxy groups -OCH3 is 1. The Labute approximate surface area is 184 Å². The van der Waals surface area contributed by atoms with E-state index in [9.17, 15) is 13.2 Å². The third kappa shape index (κ3) is 3.44. The summed E-state index contributed by atoms with van der Waals surface area (Å²) in [6.45, 7) is 2.76. The van der Waals surface area contributed by atoms with Gasteiger partial charge in [-0.3, -0.25) is 4.31 Å². The zero-order valence-electron chi connectivity index (χ0n) is 16.3. The molecule has 1 saturated heterocycles. The van der Waals surface area contributed by atoms with Crippen LogP contribution in [0.2, 0.25) is 0 Å². The van der Waals surface area contributed by atoms with Crippen molar-refractivity contribution < 1.29 is 17.9 Å². The summed E-state index contributed by atoms with van der Waals surface area (Å²) in [5.74, 6) is -0.279. The molecule has 154 valence electrons. The number of esters is 1. The Kier molecular flexibility index (Phi) is 5.60. The highest BCUT2D eigenvalue weighted by molar-refractivity contribution is 14.1. The molecular formula is C21H23IN2O4S. The van der Waals surface area contributed by atoms with Gasteiger partial charge in [-0.25, -0.2) is 13.2 Å². The van der Waals surface area contributed by atoms with Crippen molar-refractivity contribution >= 4 is 44.3 Å². The predicted molar refractivity (Wildman–Crippen MR) is 120 cm³/mol. The van der Waals surface area contributed by atoms with Gasteiger partial charge in [-0.1, -0.05) is 40.3 Å². The number of nitrogens with one attached hydrogen (secondary N) is 1. The predicted octanol–water partition coefficient (Wildman–Crippen LogP) is 3.44. The molecule has 1 fully saturated rings. The van der Waals surface area contributed by atoms with E-state index < -0.39 is 16.0 Å². The minimum atomic E-state index is -3.75. The molecule has 0 unspecified atom stereocenters. The molecule has 6 nitrogen and oxygen atoms in total. The lowest BCUT2D eigenvalue weighted by Gasteiger charge is -2.43. The SMILES string of the molecule is COC(=O)c1ccc2c(c1)[C@H]1NCC[C@H]1[C@H](CI)N2S(=O)(=O)c1ccc(C)cc1. The molecule has 1 N–H and O–H groups in total. The lowest BCUT2D eigenvalue weighted by atomic mass is 9.83. The van der Waals surface area contributed by atoms with Crippen LogP contribution in [0.3, 0.4) is 0 Å². The van der Waals surface area contributed by atoms with Crippen LogP contribution in [0.1, 0.15) is 33.9 Å². The van der Waals surface area contributed by atoms with Crippen LogP contribution in [-0.4, -0.2) is 38.5 Å². The summed E-state index contributed by atoms with van der Waals surface area (Å²) < 4.78 is 34.5. The first-order valence-corrected chi connectivity index (χ1v) is 12.5. The average molecular weight is 526 g/mol. The maximum Gasteiger partial charge on any atom is 0.337 e. The summed E-state index contributed by atoms with van der Waals surface area (Å²) in [6.07, 6.45) is 0.889. The Morgan fingerprint density at radius 3 is 2.62 bits per heavy atom. The summed E-state index contributed by atoms with van der Waals surface area (Å²) in [6, 6.07) is 12.0. The molecule has 0 aromatic heterocycles. The quantitative estimate of drug-likeness (QED) is 0.376. The molecule has 0 saturated carbocycles. The molecule has 0 radical (unpaired) electrons. The van der Waals surface area contributed by atoms with Gasteiger partial charge >= 0.3 is 5.97 Å². The second kappa shape index (κ2) is 7.88. The Balaban J connectivity index is 1.90. The molecule has 2 aliphatic rings. The van der Waals surface area contributed by atoms with Gasteiger partial charge in [0.15, 0.2) is 0 Å². The van der Waals surface area contributed by atoms with E-state index in [4.69, 9.17) is 4.74 Å². The highest BCUT2D eigenvalue weighted by Crippen LogP contribution is 2.47. The highest BCUT2D eigenvalue weighted by Gasteiger charge is 2.47. The number of halogens is 1. The second-order valence-electron chi connectivity index (χ2n) is 7.49. The molecule has 0 spiro atoms. The molecule has 0 aliphatic carbocycles. The normalized spacial score (nSPS) is 23.4. The molecule has 4 rings (SSSR count). The lowest BCUT2D eigenvalue weighted by molar-refractivity contribution is 0.0600. The Hall–Kier alpha value is -1.65. The molecule has 2 aromatic carbocycles. The molecule has 29 heavy (non-hydrogen) atoms. The van der Waals surface area contributed by atoms with E-state index in [2.05, 4.69) is 27.9 Å². The van der Waals surface area contributed by atoms with E-state index in [0.29, 0.717) is 15.7 Å². The maximum atomic E-state index is 13.7. The second-order valence-corrected chi connectivity index (χ2v) is 10.2. The van der Waals surface area contributed by atoms with Gasteiger partial charge in [0.1, 0.15) is 0 Å². The van der Waals surface area contributed by atoms with Crippen molar-refractivity contribution in [3.63, 3.8) is 0 Å². The number of aryl methyl sites for hydroxylation is 1. The maximum absolute atomic E-state index is 13.7.